The number of rotatable bonds is 6. The summed E-state index contributed by atoms with van der Waals surface area (Å²) in [6.07, 6.45) is 4.03. The lowest BCUT2D eigenvalue weighted by atomic mass is 10.1. The predicted octanol–water partition coefficient (Wildman–Crippen LogP) is 2.37. The van der Waals surface area contributed by atoms with Gasteiger partial charge in [0.2, 0.25) is 0 Å². The maximum atomic E-state index is 8.75. The molecule has 0 fully saturated rings. The van der Waals surface area contributed by atoms with Gasteiger partial charge in [-0.2, -0.15) is 0 Å². The molecule has 0 aliphatic heterocycles. The number of hydrogen-bond donors (Lipinski definition) is 2. The summed E-state index contributed by atoms with van der Waals surface area (Å²) in [7, 11) is 2.12. The van der Waals surface area contributed by atoms with Crippen LogP contribution in [0.1, 0.15) is 18.4 Å². The van der Waals surface area contributed by atoms with Crippen LogP contribution in [0.4, 0.5) is 0 Å². The number of fused-ring (bicyclic) bond motifs is 1. The molecule has 2 aromatic rings. The van der Waals surface area contributed by atoms with Gasteiger partial charge < -0.3 is 15.0 Å². The number of nitrogens with zero attached hydrogens (tertiary/aromatic N) is 1. The van der Waals surface area contributed by atoms with Crippen LogP contribution in [0.5, 0.6) is 0 Å². The van der Waals surface area contributed by atoms with E-state index in [0.29, 0.717) is 6.61 Å². The molecule has 2 rings (SSSR count). The number of aliphatic hydroxyl groups is 1. The lowest BCUT2D eigenvalue weighted by Gasteiger charge is -2.15. The van der Waals surface area contributed by atoms with Gasteiger partial charge in [0.15, 0.2) is 0 Å². The summed E-state index contributed by atoms with van der Waals surface area (Å²) in [6, 6.07) is 8.38. The zero-order valence-electron chi connectivity index (χ0n) is 10.3. The van der Waals surface area contributed by atoms with Gasteiger partial charge in [-0.3, -0.25) is 0 Å². The van der Waals surface area contributed by atoms with Gasteiger partial charge in [-0.1, -0.05) is 18.2 Å². The number of H-pyrrole nitrogens is 1. The standard InChI is InChI=1S/C14H20N2O/c1-16(8-4-5-9-17)11-12-10-15-14-7-3-2-6-13(12)14/h2-3,6-7,10,15,17H,4-5,8-9,11H2,1H3. The van der Waals surface area contributed by atoms with Crippen molar-refractivity contribution >= 4 is 10.9 Å². The van der Waals surface area contributed by atoms with Gasteiger partial charge in [-0.05, 0) is 38.1 Å². The molecule has 1 aromatic carbocycles. The van der Waals surface area contributed by atoms with E-state index in [1.54, 1.807) is 0 Å². The largest absolute Gasteiger partial charge is 0.396 e. The number of aromatic amines is 1. The average molecular weight is 232 g/mol. The Hall–Kier alpha value is -1.32. The predicted molar refractivity (Wildman–Crippen MR) is 71.0 cm³/mol. The van der Waals surface area contributed by atoms with Crippen LogP contribution in [0.15, 0.2) is 30.5 Å². The number of para-hydroxylation sites is 1. The van der Waals surface area contributed by atoms with Crippen LogP contribution in [0.25, 0.3) is 10.9 Å². The van der Waals surface area contributed by atoms with E-state index in [1.165, 1.54) is 16.5 Å². The van der Waals surface area contributed by atoms with E-state index in [0.717, 1.165) is 25.9 Å². The lowest BCUT2D eigenvalue weighted by molar-refractivity contribution is 0.261. The van der Waals surface area contributed by atoms with E-state index in [1.807, 2.05) is 6.07 Å². The minimum atomic E-state index is 0.293. The fraction of sp³-hybridized carbons (Fsp3) is 0.429. The first-order valence-corrected chi connectivity index (χ1v) is 6.15. The van der Waals surface area contributed by atoms with Crippen LogP contribution >= 0.6 is 0 Å². The van der Waals surface area contributed by atoms with Gasteiger partial charge in [0, 0.05) is 30.3 Å². The van der Waals surface area contributed by atoms with Crippen LogP contribution in [-0.2, 0) is 6.54 Å². The molecule has 0 spiro atoms. The highest BCUT2D eigenvalue weighted by molar-refractivity contribution is 5.82. The van der Waals surface area contributed by atoms with Gasteiger partial charge in [0.1, 0.15) is 0 Å². The second-order valence-corrected chi connectivity index (χ2v) is 4.53. The molecule has 0 unspecified atom stereocenters. The number of aliphatic hydroxyl groups excluding tert-OH is 1. The zero-order chi connectivity index (χ0) is 12.1. The summed E-state index contributed by atoms with van der Waals surface area (Å²) in [6.45, 7) is 2.27. The number of benzene rings is 1. The molecule has 0 aliphatic carbocycles. The van der Waals surface area contributed by atoms with Crippen LogP contribution in [-0.4, -0.2) is 35.2 Å². The maximum absolute atomic E-state index is 8.75. The third-order valence-corrected chi connectivity index (χ3v) is 3.06. The molecule has 3 heteroatoms. The molecule has 0 atom stereocenters. The Morgan fingerprint density at radius 3 is 2.88 bits per heavy atom. The molecule has 0 saturated carbocycles. The van der Waals surface area contributed by atoms with Crippen molar-refractivity contribution in [1.82, 2.24) is 9.88 Å². The first-order chi connectivity index (χ1) is 8.31. The summed E-state index contributed by atoms with van der Waals surface area (Å²) in [4.78, 5) is 5.59. The Kier molecular flexibility index (Phi) is 4.18. The number of aromatic nitrogens is 1. The van der Waals surface area contributed by atoms with E-state index >= 15 is 0 Å². The third-order valence-electron chi connectivity index (χ3n) is 3.06. The van der Waals surface area contributed by atoms with Crippen LogP contribution in [0.2, 0.25) is 0 Å². The van der Waals surface area contributed by atoms with Crippen molar-refractivity contribution in [2.24, 2.45) is 0 Å². The van der Waals surface area contributed by atoms with Crippen molar-refractivity contribution < 1.29 is 5.11 Å². The summed E-state index contributed by atoms with van der Waals surface area (Å²) < 4.78 is 0. The molecule has 1 aromatic heterocycles. The van der Waals surface area contributed by atoms with Crippen molar-refractivity contribution in [3.05, 3.63) is 36.0 Å². The van der Waals surface area contributed by atoms with E-state index in [9.17, 15) is 0 Å². The number of nitrogens with one attached hydrogen (secondary N) is 1. The Bertz CT molecular complexity index is 464. The normalized spacial score (nSPS) is 11.5. The second kappa shape index (κ2) is 5.84. The van der Waals surface area contributed by atoms with Crippen molar-refractivity contribution in [3.8, 4) is 0 Å². The quantitative estimate of drug-likeness (QED) is 0.751. The van der Waals surface area contributed by atoms with Crippen molar-refractivity contribution in [2.75, 3.05) is 20.2 Å². The van der Waals surface area contributed by atoms with Crippen molar-refractivity contribution in [3.63, 3.8) is 0 Å². The monoisotopic (exact) mass is 232 g/mol. The average Bonchev–Trinajstić information content (AvgIpc) is 2.73. The Labute approximate surface area is 102 Å². The Morgan fingerprint density at radius 2 is 2.06 bits per heavy atom. The molecule has 92 valence electrons. The van der Waals surface area contributed by atoms with E-state index < -0.39 is 0 Å². The SMILES string of the molecule is CN(CCCCO)Cc1c[nH]c2ccccc12. The highest BCUT2D eigenvalue weighted by atomic mass is 16.2. The molecular formula is C14H20N2O. The molecule has 0 amide bonds. The fourth-order valence-electron chi connectivity index (χ4n) is 2.13. The molecule has 0 aliphatic rings. The minimum absolute atomic E-state index is 0.293. The van der Waals surface area contributed by atoms with Gasteiger partial charge in [-0.15, -0.1) is 0 Å². The van der Waals surface area contributed by atoms with E-state index in [2.05, 4.69) is 41.3 Å². The topological polar surface area (TPSA) is 39.3 Å². The summed E-state index contributed by atoms with van der Waals surface area (Å²) in [5, 5.41) is 10.1. The van der Waals surface area contributed by atoms with E-state index in [4.69, 9.17) is 5.11 Å². The van der Waals surface area contributed by atoms with Crippen LogP contribution < -0.4 is 0 Å². The van der Waals surface area contributed by atoms with Crippen LogP contribution in [0, 0.1) is 0 Å². The maximum Gasteiger partial charge on any atom is 0.0457 e. The van der Waals surface area contributed by atoms with Gasteiger partial charge >= 0.3 is 0 Å². The molecule has 0 saturated heterocycles. The lowest BCUT2D eigenvalue weighted by Crippen LogP contribution is -2.19. The smallest absolute Gasteiger partial charge is 0.0457 e. The molecule has 17 heavy (non-hydrogen) atoms. The summed E-state index contributed by atoms with van der Waals surface area (Å²) in [5.41, 5.74) is 2.54. The second-order valence-electron chi connectivity index (χ2n) is 4.53. The number of hydrogen-bond acceptors (Lipinski definition) is 2. The summed E-state index contributed by atoms with van der Waals surface area (Å²) in [5.74, 6) is 0. The highest BCUT2D eigenvalue weighted by Crippen LogP contribution is 2.18. The zero-order valence-corrected chi connectivity index (χ0v) is 10.3. The first-order valence-electron chi connectivity index (χ1n) is 6.15. The summed E-state index contributed by atoms with van der Waals surface area (Å²) >= 11 is 0. The van der Waals surface area contributed by atoms with Crippen molar-refractivity contribution in [1.29, 1.82) is 0 Å². The molecule has 0 radical (unpaired) electrons. The number of unbranched alkanes of at least 4 members (excludes halogenated alkanes) is 1. The third kappa shape index (κ3) is 3.08. The van der Waals surface area contributed by atoms with Crippen LogP contribution in [0.3, 0.4) is 0 Å². The first kappa shape index (κ1) is 12.1. The fourth-order valence-corrected chi connectivity index (χ4v) is 2.13. The minimum Gasteiger partial charge on any atom is -0.396 e. The van der Waals surface area contributed by atoms with E-state index in [-0.39, 0.29) is 0 Å². The van der Waals surface area contributed by atoms with Gasteiger partial charge in [0.05, 0.1) is 0 Å². The Morgan fingerprint density at radius 1 is 1.24 bits per heavy atom. The highest BCUT2D eigenvalue weighted by Gasteiger charge is 2.05. The molecule has 2 N–H and O–H groups in total. The van der Waals surface area contributed by atoms with Crippen molar-refractivity contribution in [2.45, 2.75) is 19.4 Å². The molecular weight excluding hydrogens is 212 g/mol. The molecule has 3 nitrogen and oxygen atoms in total. The molecule has 1 heterocycles. The van der Waals surface area contributed by atoms with Gasteiger partial charge in [-0.25, -0.2) is 0 Å². The Balaban J connectivity index is 1.98. The van der Waals surface area contributed by atoms with Gasteiger partial charge in [0.25, 0.3) is 0 Å². The molecule has 0 bridgehead atoms.